The van der Waals surface area contributed by atoms with E-state index in [2.05, 4.69) is 15.9 Å². The molecule has 0 bridgehead atoms. The summed E-state index contributed by atoms with van der Waals surface area (Å²) in [5.74, 6) is 0.0810. The van der Waals surface area contributed by atoms with Gasteiger partial charge in [-0.2, -0.15) is 0 Å². The standard InChI is InChI=1S/C26H20BrClFNO4S/c1-15-5-3-4-6-18(15)14-34-24-20(27)9-16(10-22(24)33-2)11-23-25(31)30(26(32)35-23)13-17-7-8-19(29)12-21(17)28/h3-12H,13-14H2,1-2H3/b23-11-. The van der Waals surface area contributed by atoms with E-state index in [0.717, 1.165) is 33.9 Å². The van der Waals surface area contributed by atoms with E-state index >= 15 is 0 Å². The number of methoxy groups -OCH3 is 1. The van der Waals surface area contributed by atoms with Gasteiger partial charge in [-0.1, -0.05) is 41.9 Å². The van der Waals surface area contributed by atoms with Gasteiger partial charge in [-0.3, -0.25) is 14.5 Å². The molecule has 2 amide bonds. The molecule has 35 heavy (non-hydrogen) atoms. The van der Waals surface area contributed by atoms with Gasteiger partial charge in [0.15, 0.2) is 11.5 Å². The zero-order chi connectivity index (χ0) is 25.1. The van der Waals surface area contributed by atoms with Crippen molar-refractivity contribution in [3.8, 4) is 11.5 Å². The minimum Gasteiger partial charge on any atom is -0.493 e. The van der Waals surface area contributed by atoms with Gasteiger partial charge in [-0.15, -0.1) is 0 Å². The van der Waals surface area contributed by atoms with Gasteiger partial charge in [-0.05, 0) is 87.2 Å². The van der Waals surface area contributed by atoms with E-state index in [0.29, 0.717) is 33.7 Å². The summed E-state index contributed by atoms with van der Waals surface area (Å²) in [6, 6.07) is 15.3. The Balaban J connectivity index is 1.54. The van der Waals surface area contributed by atoms with Crippen LogP contribution in [0.5, 0.6) is 11.5 Å². The number of hydrogen-bond donors (Lipinski definition) is 0. The molecule has 1 fully saturated rings. The third-order valence-corrected chi connectivity index (χ3v) is 7.25. The summed E-state index contributed by atoms with van der Waals surface area (Å²) < 4.78 is 25.5. The predicted octanol–water partition coefficient (Wildman–Crippen LogP) is 7.37. The molecule has 5 nitrogen and oxygen atoms in total. The molecular weight excluding hydrogens is 557 g/mol. The Morgan fingerprint density at radius 3 is 2.60 bits per heavy atom. The number of thioether (sulfide) groups is 1. The smallest absolute Gasteiger partial charge is 0.293 e. The van der Waals surface area contributed by atoms with Crippen molar-refractivity contribution in [2.24, 2.45) is 0 Å². The minimum absolute atomic E-state index is 0.0418. The highest BCUT2D eigenvalue weighted by Gasteiger charge is 2.35. The molecule has 3 aromatic rings. The number of hydrogen-bond acceptors (Lipinski definition) is 5. The number of imide groups is 1. The summed E-state index contributed by atoms with van der Waals surface area (Å²) in [7, 11) is 1.53. The highest BCUT2D eigenvalue weighted by atomic mass is 79.9. The van der Waals surface area contributed by atoms with Gasteiger partial charge in [0.05, 0.1) is 23.0 Å². The molecule has 0 N–H and O–H groups in total. The van der Waals surface area contributed by atoms with E-state index < -0.39 is 17.0 Å². The van der Waals surface area contributed by atoms with Gasteiger partial charge in [-0.25, -0.2) is 4.39 Å². The zero-order valence-electron chi connectivity index (χ0n) is 18.8. The average molecular weight is 577 g/mol. The number of benzene rings is 3. The Bertz CT molecular complexity index is 1350. The molecule has 4 rings (SSSR count). The van der Waals surface area contributed by atoms with Crippen molar-refractivity contribution in [1.29, 1.82) is 0 Å². The Hall–Kier alpha value is -2.81. The summed E-state index contributed by atoms with van der Waals surface area (Å²) in [5, 5.41) is -0.270. The summed E-state index contributed by atoms with van der Waals surface area (Å²) in [6.45, 7) is 2.34. The van der Waals surface area contributed by atoms with E-state index in [9.17, 15) is 14.0 Å². The topological polar surface area (TPSA) is 55.8 Å². The lowest BCUT2D eigenvalue weighted by atomic mass is 10.1. The second-order valence-electron chi connectivity index (χ2n) is 7.75. The van der Waals surface area contributed by atoms with E-state index in [1.165, 1.54) is 19.2 Å². The molecule has 1 aliphatic heterocycles. The number of aryl methyl sites for hydroxylation is 1. The van der Waals surface area contributed by atoms with Gasteiger partial charge >= 0.3 is 0 Å². The van der Waals surface area contributed by atoms with E-state index in [1.807, 2.05) is 31.2 Å². The zero-order valence-corrected chi connectivity index (χ0v) is 22.0. The third kappa shape index (κ3) is 5.72. The summed E-state index contributed by atoms with van der Waals surface area (Å²) >= 11 is 10.4. The molecule has 9 heteroatoms. The Morgan fingerprint density at radius 1 is 1.11 bits per heavy atom. The van der Waals surface area contributed by atoms with Crippen LogP contribution in [0, 0.1) is 12.7 Å². The molecule has 0 spiro atoms. The Labute approximate surface area is 220 Å². The van der Waals surface area contributed by atoms with Crippen molar-refractivity contribution in [3.63, 3.8) is 0 Å². The van der Waals surface area contributed by atoms with Crippen LogP contribution in [0.1, 0.15) is 22.3 Å². The maximum absolute atomic E-state index is 13.3. The van der Waals surface area contributed by atoms with Crippen LogP contribution in [0.2, 0.25) is 5.02 Å². The Morgan fingerprint density at radius 2 is 1.89 bits per heavy atom. The molecule has 180 valence electrons. The number of nitrogens with zero attached hydrogens (tertiary/aromatic N) is 1. The molecule has 0 saturated carbocycles. The number of halogens is 3. The lowest BCUT2D eigenvalue weighted by Crippen LogP contribution is -2.27. The van der Waals surface area contributed by atoms with Crippen molar-refractivity contribution in [2.75, 3.05) is 7.11 Å². The normalized spacial score (nSPS) is 14.7. The van der Waals surface area contributed by atoms with Crippen LogP contribution < -0.4 is 9.47 Å². The van der Waals surface area contributed by atoms with Crippen LogP contribution in [0.3, 0.4) is 0 Å². The van der Waals surface area contributed by atoms with Gasteiger partial charge in [0.2, 0.25) is 0 Å². The highest BCUT2D eigenvalue weighted by Crippen LogP contribution is 2.40. The molecule has 0 unspecified atom stereocenters. The molecule has 0 aromatic heterocycles. The Kier molecular flexibility index (Phi) is 7.84. The van der Waals surface area contributed by atoms with Crippen LogP contribution in [-0.4, -0.2) is 23.2 Å². The summed E-state index contributed by atoms with van der Waals surface area (Å²) in [4.78, 5) is 26.8. The van der Waals surface area contributed by atoms with Gasteiger partial charge in [0.25, 0.3) is 11.1 Å². The van der Waals surface area contributed by atoms with Crippen molar-refractivity contribution in [3.05, 3.63) is 97.1 Å². The lowest BCUT2D eigenvalue weighted by molar-refractivity contribution is -0.123. The highest BCUT2D eigenvalue weighted by molar-refractivity contribution is 9.10. The first kappa shape index (κ1) is 25.3. The summed E-state index contributed by atoms with van der Waals surface area (Å²) in [5.41, 5.74) is 3.32. The fraction of sp³-hybridized carbons (Fsp3) is 0.154. The molecular formula is C26H20BrClFNO4S. The van der Waals surface area contributed by atoms with Gasteiger partial charge < -0.3 is 9.47 Å². The maximum Gasteiger partial charge on any atom is 0.293 e. The molecule has 1 saturated heterocycles. The third-order valence-electron chi connectivity index (χ3n) is 5.40. The second-order valence-corrected chi connectivity index (χ2v) is 10.0. The first-order valence-electron chi connectivity index (χ1n) is 10.5. The average Bonchev–Trinajstić information content (AvgIpc) is 3.08. The summed E-state index contributed by atoms with van der Waals surface area (Å²) in [6.07, 6.45) is 1.62. The maximum atomic E-state index is 13.3. The van der Waals surface area contributed by atoms with E-state index in [1.54, 1.807) is 18.2 Å². The number of carbonyl (C=O) groups is 2. The van der Waals surface area contributed by atoms with Crippen LogP contribution in [0.25, 0.3) is 6.08 Å². The molecule has 1 aliphatic rings. The first-order valence-corrected chi connectivity index (χ1v) is 12.5. The molecule has 0 radical (unpaired) electrons. The van der Waals surface area contributed by atoms with Crippen LogP contribution in [0.4, 0.5) is 9.18 Å². The van der Waals surface area contributed by atoms with Crippen molar-refractivity contribution in [1.82, 2.24) is 4.90 Å². The quantitative estimate of drug-likeness (QED) is 0.275. The second kappa shape index (κ2) is 10.8. The van der Waals surface area contributed by atoms with Crippen molar-refractivity contribution < 1.29 is 23.5 Å². The van der Waals surface area contributed by atoms with Crippen molar-refractivity contribution >= 4 is 56.5 Å². The molecule has 1 heterocycles. The molecule has 3 aromatic carbocycles. The SMILES string of the molecule is COc1cc(/C=C2\SC(=O)N(Cc3ccc(F)cc3Cl)C2=O)cc(Br)c1OCc1ccccc1C. The van der Waals surface area contributed by atoms with E-state index in [4.69, 9.17) is 21.1 Å². The molecule has 0 aliphatic carbocycles. The lowest BCUT2D eigenvalue weighted by Gasteiger charge is -2.15. The number of rotatable bonds is 7. The number of amides is 2. The van der Waals surface area contributed by atoms with Gasteiger partial charge in [0, 0.05) is 5.02 Å². The van der Waals surface area contributed by atoms with E-state index in [-0.39, 0.29) is 16.5 Å². The molecule has 0 atom stereocenters. The van der Waals surface area contributed by atoms with Crippen LogP contribution in [-0.2, 0) is 17.9 Å². The van der Waals surface area contributed by atoms with Crippen LogP contribution in [0.15, 0.2) is 64.0 Å². The number of carbonyl (C=O) groups excluding carboxylic acids is 2. The number of ether oxygens (including phenoxy) is 2. The van der Waals surface area contributed by atoms with Gasteiger partial charge in [0.1, 0.15) is 12.4 Å². The minimum atomic E-state index is -0.487. The predicted molar refractivity (Wildman–Crippen MR) is 139 cm³/mol. The fourth-order valence-electron chi connectivity index (χ4n) is 3.49. The monoisotopic (exact) mass is 575 g/mol. The first-order chi connectivity index (χ1) is 16.8. The largest absolute Gasteiger partial charge is 0.493 e. The van der Waals surface area contributed by atoms with Crippen molar-refractivity contribution in [2.45, 2.75) is 20.1 Å². The fourth-order valence-corrected chi connectivity index (χ4v) is 5.13. The van der Waals surface area contributed by atoms with Crippen LogP contribution >= 0.6 is 39.3 Å².